The lowest BCUT2D eigenvalue weighted by molar-refractivity contribution is -0.141. The first-order valence-corrected chi connectivity index (χ1v) is 11.8. The molecule has 7 nitrogen and oxygen atoms in total. The average Bonchev–Trinajstić information content (AvgIpc) is 3.50. The molecule has 2 atom stereocenters. The molecule has 182 valence electrons. The van der Waals surface area contributed by atoms with Crippen LogP contribution < -0.4 is 14.2 Å². The molecule has 0 N–H and O–H groups in total. The Kier molecular flexibility index (Phi) is 5.64. The van der Waals surface area contributed by atoms with Gasteiger partial charge in [-0.05, 0) is 37.1 Å². The van der Waals surface area contributed by atoms with Gasteiger partial charge in [0.05, 0.1) is 25.7 Å². The van der Waals surface area contributed by atoms with Gasteiger partial charge in [0.1, 0.15) is 29.2 Å². The Balaban J connectivity index is 1.23. The maximum atomic E-state index is 15.0. The number of hydrogen-bond donors (Lipinski definition) is 0. The molecule has 4 aromatic rings. The Morgan fingerprint density at radius 2 is 2.06 bits per heavy atom. The van der Waals surface area contributed by atoms with Gasteiger partial charge in [-0.25, -0.2) is 9.37 Å². The molecule has 0 bridgehead atoms. The number of aromatic nitrogens is 2. The molecule has 8 heteroatoms. The quantitative estimate of drug-likeness (QED) is 0.325. The predicted molar refractivity (Wildman–Crippen MR) is 129 cm³/mol. The van der Waals surface area contributed by atoms with Crippen molar-refractivity contribution in [1.29, 1.82) is 0 Å². The van der Waals surface area contributed by atoms with Gasteiger partial charge in [-0.15, -0.1) is 0 Å². The normalized spacial score (nSPS) is 17.8. The summed E-state index contributed by atoms with van der Waals surface area (Å²) in [7, 11) is 1.37. The van der Waals surface area contributed by atoms with Crippen molar-refractivity contribution >= 4 is 16.9 Å². The number of rotatable bonds is 6. The van der Waals surface area contributed by atoms with E-state index in [0.717, 1.165) is 22.0 Å². The maximum Gasteiger partial charge on any atom is 0.322 e. The van der Waals surface area contributed by atoms with Gasteiger partial charge in [-0.3, -0.25) is 4.79 Å². The summed E-state index contributed by atoms with van der Waals surface area (Å²) in [6.45, 7) is 0.409. The minimum atomic E-state index is -0.466. The summed E-state index contributed by atoms with van der Waals surface area (Å²) in [6.07, 6.45) is 2.71. The van der Waals surface area contributed by atoms with Crippen LogP contribution >= 0.6 is 0 Å². The fourth-order valence-electron chi connectivity index (χ4n) is 4.91. The molecule has 1 aliphatic heterocycles. The van der Waals surface area contributed by atoms with Crippen LogP contribution in [0.15, 0.2) is 60.8 Å². The van der Waals surface area contributed by atoms with Gasteiger partial charge in [-0.2, -0.15) is 4.98 Å². The second kappa shape index (κ2) is 9.11. The molecular weight excluding hydrogens is 463 g/mol. The number of carbonyl (C=O) groups is 1. The van der Waals surface area contributed by atoms with Crippen molar-refractivity contribution in [2.45, 2.75) is 31.3 Å². The Labute approximate surface area is 206 Å². The highest BCUT2D eigenvalue weighted by atomic mass is 19.1. The summed E-state index contributed by atoms with van der Waals surface area (Å²) in [5.41, 5.74) is 2.96. The molecule has 1 aromatic heterocycles. The summed E-state index contributed by atoms with van der Waals surface area (Å²) in [6, 6.07) is 16.4. The number of hydrogen-bond acceptors (Lipinski definition) is 7. The van der Waals surface area contributed by atoms with Crippen LogP contribution in [-0.4, -0.2) is 29.7 Å². The Bertz CT molecular complexity index is 1470. The Hall–Kier alpha value is -4.20. The summed E-state index contributed by atoms with van der Waals surface area (Å²) in [5, 5.41) is 0.914. The van der Waals surface area contributed by atoms with E-state index in [1.807, 2.05) is 36.4 Å². The molecule has 0 amide bonds. The lowest BCUT2D eigenvalue weighted by atomic mass is 9.98. The van der Waals surface area contributed by atoms with Crippen molar-refractivity contribution < 1.29 is 28.1 Å². The SMILES string of the molecule is COC(=O)CC1COc2cc(O[C@@H]3CCc4c(Oc5ncc6ccccc6n5)ccc(F)c43)ccc21. The minimum Gasteiger partial charge on any atom is -0.492 e. The highest BCUT2D eigenvalue weighted by Crippen LogP contribution is 2.44. The van der Waals surface area contributed by atoms with Gasteiger partial charge >= 0.3 is 12.0 Å². The number of carbonyl (C=O) groups excluding carboxylic acids is 1. The van der Waals surface area contributed by atoms with E-state index in [-0.39, 0.29) is 30.1 Å². The van der Waals surface area contributed by atoms with Crippen LogP contribution in [0.25, 0.3) is 10.9 Å². The molecule has 0 radical (unpaired) electrons. The first-order valence-electron chi connectivity index (χ1n) is 11.8. The lowest BCUT2D eigenvalue weighted by Crippen LogP contribution is -2.09. The zero-order valence-electron chi connectivity index (χ0n) is 19.6. The molecule has 0 spiro atoms. The van der Waals surface area contributed by atoms with Crippen molar-refractivity contribution in [1.82, 2.24) is 9.97 Å². The van der Waals surface area contributed by atoms with Crippen molar-refractivity contribution in [3.63, 3.8) is 0 Å². The fourth-order valence-corrected chi connectivity index (χ4v) is 4.91. The zero-order chi connectivity index (χ0) is 24.6. The van der Waals surface area contributed by atoms with Gasteiger partial charge in [0.25, 0.3) is 0 Å². The van der Waals surface area contributed by atoms with Gasteiger partial charge in [0.15, 0.2) is 0 Å². The monoisotopic (exact) mass is 486 g/mol. The van der Waals surface area contributed by atoms with Crippen molar-refractivity contribution in [3.8, 4) is 23.3 Å². The third-order valence-corrected chi connectivity index (χ3v) is 6.69. The molecular formula is C28H23FN2O5. The number of fused-ring (bicyclic) bond motifs is 3. The number of para-hydroxylation sites is 1. The maximum absolute atomic E-state index is 15.0. The van der Waals surface area contributed by atoms with Crippen LogP contribution in [0.1, 0.15) is 41.6 Å². The second-order valence-corrected chi connectivity index (χ2v) is 8.88. The van der Waals surface area contributed by atoms with Crippen molar-refractivity contribution in [2.75, 3.05) is 13.7 Å². The first kappa shape index (κ1) is 22.3. The van der Waals surface area contributed by atoms with Crippen molar-refractivity contribution in [2.24, 2.45) is 0 Å². The Morgan fingerprint density at radius 3 is 2.94 bits per heavy atom. The molecule has 1 unspecified atom stereocenters. The smallest absolute Gasteiger partial charge is 0.322 e. The van der Waals surface area contributed by atoms with Crippen LogP contribution in [-0.2, 0) is 16.0 Å². The molecule has 1 aliphatic carbocycles. The molecule has 2 heterocycles. The van der Waals surface area contributed by atoms with Crippen LogP contribution in [0, 0.1) is 5.82 Å². The third-order valence-electron chi connectivity index (χ3n) is 6.69. The van der Waals surface area contributed by atoms with Crippen LogP contribution in [0.4, 0.5) is 4.39 Å². The summed E-state index contributed by atoms with van der Waals surface area (Å²) in [4.78, 5) is 20.4. The van der Waals surface area contributed by atoms with Gasteiger partial charge in [-0.1, -0.05) is 24.3 Å². The van der Waals surface area contributed by atoms with Gasteiger partial charge in [0.2, 0.25) is 0 Å². The zero-order valence-corrected chi connectivity index (χ0v) is 19.6. The second-order valence-electron chi connectivity index (χ2n) is 8.88. The molecule has 36 heavy (non-hydrogen) atoms. The lowest BCUT2D eigenvalue weighted by Gasteiger charge is -2.17. The number of benzene rings is 3. The van der Waals surface area contributed by atoms with Crippen LogP contribution in [0.5, 0.6) is 23.3 Å². The van der Waals surface area contributed by atoms with E-state index >= 15 is 0 Å². The molecule has 0 saturated heterocycles. The summed E-state index contributed by atoms with van der Waals surface area (Å²) in [5.74, 6) is 1.11. The van der Waals surface area contributed by atoms with Gasteiger partial charge in [0, 0.05) is 40.3 Å². The third kappa shape index (κ3) is 4.08. The van der Waals surface area contributed by atoms with E-state index in [2.05, 4.69) is 9.97 Å². The number of esters is 1. The van der Waals surface area contributed by atoms with Gasteiger partial charge < -0.3 is 18.9 Å². The standard InChI is InChI=1S/C28H23FN2O5/c1-33-26(32)12-17-15-34-25-13-18(6-7-19(17)25)35-24-10-8-20-23(11-9-21(29)27(20)24)36-28-30-14-16-4-2-3-5-22(16)31-28/h2-7,9,11,13-14,17,24H,8,10,12,15H2,1H3/t17?,24-/m1/s1. The van der Waals surface area contributed by atoms with Crippen molar-refractivity contribution in [3.05, 3.63) is 83.3 Å². The summed E-state index contributed by atoms with van der Waals surface area (Å²) < 4.78 is 37.7. The van der Waals surface area contributed by atoms with E-state index in [0.29, 0.717) is 42.3 Å². The Morgan fingerprint density at radius 1 is 1.17 bits per heavy atom. The first-order chi connectivity index (χ1) is 17.6. The number of methoxy groups -OCH3 is 1. The highest BCUT2D eigenvalue weighted by molar-refractivity contribution is 5.77. The largest absolute Gasteiger partial charge is 0.492 e. The topological polar surface area (TPSA) is 79.8 Å². The highest BCUT2D eigenvalue weighted by Gasteiger charge is 2.32. The summed E-state index contributed by atoms with van der Waals surface area (Å²) >= 11 is 0. The van der Waals surface area contributed by atoms with E-state index in [9.17, 15) is 9.18 Å². The van der Waals surface area contributed by atoms with Crippen LogP contribution in [0.3, 0.4) is 0 Å². The number of halogens is 1. The van der Waals surface area contributed by atoms with E-state index in [4.69, 9.17) is 18.9 Å². The average molecular weight is 486 g/mol. The van der Waals surface area contributed by atoms with E-state index < -0.39 is 6.10 Å². The van der Waals surface area contributed by atoms with E-state index in [1.54, 1.807) is 18.3 Å². The molecule has 6 rings (SSSR count). The molecule has 0 fully saturated rings. The molecule has 2 aliphatic rings. The molecule has 3 aromatic carbocycles. The predicted octanol–water partition coefficient (Wildman–Crippen LogP) is 5.67. The van der Waals surface area contributed by atoms with E-state index in [1.165, 1.54) is 13.2 Å². The minimum absolute atomic E-state index is 0.0526. The van der Waals surface area contributed by atoms with Crippen LogP contribution in [0.2, 0.25) is 0 Å². The fraction of sp³-hybridized carbons (Fsp3) is 0.250. The molecule has 0 saturated carbocycles. The number of ether oxygens (including phenoxy) is 4. The number of nitrogens with zero attached hydrogens (tertiary/aromatic N) is 2.